The van der Waals surface area contributed by atoms with Crippen LogP contribution in [0.1, 0.15) is 6.42 Å². The Balaban J connectivity index is 2.57. The standard InChI is InChI=1S/C8H12N2/c1-4-5-8-6-9-10(3)7(8)2/h4,6,8H,1-2,5H2,3H3. The van der Waals surface area contributed by atoms with Crippen molar-refractivity contribution in [1.29, 1.82) is 0 Å². The van der Waals surface area contributed by atoms with E-state index < -0.39 is 0 Å². The number of allylic oxidation sites excluding steroid dienone is 2. The Bertz CT molecular complexity index is 182. The number of rotatable bonds is 2. The Morgan fingerprint density at radius 2 is 2.60 bits per heavy atom. The fourth-order valence-electron chi connectivity index (χ4n) is 0.957. The van der Waals surface area contributed by atoms with Gasteiger partial charge < -0.3 is 0 Å². The zero-order chi connectivity index (χ0) is 7.56. The maximum absolute atomic E-state index is 4.08. The van der Waals surface area contributed by atoms with Crippen LogP contribution in [0.3, 0.4) is 0 Å². The molecule has 10 heavy (non-hydrogen) atoms. The van der Waals surface area contributed by atoms with E-state index in [9.17, 15) is 0 Å². The summed E-state index contributed by atoms with van der Waals surface area (Å²) in [6, 6.07) is 0. The molecule has 1 unspecified atom stereocenters. The third kappa shape index (κ3) is 1.10. The topological polar surface area (TPSA) is 15.6 Å². The molecule has 0 aliphatic carbocycles. The smallest absolute Gasteiger partial charge is 0.0409 e. The molecule has 0 saturated carbocycles. The molecule has 54 valence electrons. The van der Waals surface area contributed by atoms with Crippen LogP contribution in [0.25, 0.3) is 0 Å². The first-order valence-electron chi connectivity index (χ1n) is 3.33. The minimum atomic E-state index is 0.377. The highest BCUT2D eigenvalue weighted by Crippen LogP contribution is 2.20. The van der Waals surface area contributed by atoms with Crippen LogP contribution in [0.15, 0.2) is 30.0 Å². The highest BCUT2D eigenvalue weighted by Gasteiger charge is 2.17. The quantitative estimate of drug-likeness (QED) is 0.527. The molecule has 2 nitrogen and oxygen atoms in total. The first kappa shape index (κ1) is 7.06. The molecule has 2 heteroatoms. The minimum Gasteiger partial charge on any atom is -0.273 e. The van der Waals surface area contributed by atoms with Crippen molar-refractivity contribution in [1.82, 2.24) is 5.01 Å². The Morgan fingerprint density at radius 3 is 3.00 bits per heavy atom. The van der Waals surface area contributed by atoms with Crippen molar-refractivity contribution >= 4 is 6.21 Å². The minimum absolute atomic E-state index is 0.377. The van der Waals surface area contributed by atoms with Crippen LogP contribution >= 0.6 is 0 Å². The maximum Gasteiger partial charge on any atom is 0.0409 e. The maximum atomic E-state index is 4.08. The predicted molar refractivity (Wildman–Crippen MR) is 43.7 cm³/mol. The van der Waals surface area contributed by atoms with E-state index in [0.29, 0.717) is 5.92 Å². The first-order valence-corrected chi connectivity index (χ1v) is 3.33. The molecule has 0 bridgehead atoms. The summed E-state index contributed by atoms with van der Waals surface area (Å²) in [6.07, 6.45) is 4.73. The summed E-state index contributed by atoms with van der Waals surface area (Å²) in [5.74, 6) is 0.377. The van der Waals surface area contributed by atoms with Gasteiger partial charge in [-0.1, -0.05) is 12.7 Å². The SMILES string of the molecule is C=CCC1C=NN(C)C1=C. The molecule has 0 amide bonds. The third-order valence-corrected chi connectivity index (χ3v) is 1.68. The van der Waals surface area contributed by atoms with Gasteiger partial charge >= 0.3 is 0 Å². The lowest BCUT2D eigenvalue weighted by molar-refractivity contribution is 0.446. The molecule has 0 radical (unpaired) electrons. The highest BCUT2D eigenvalue weighted by atomic mass is 15.5. The number of hydrazone groups is 1. The van der Waals surface area contributed by atoms with Crippen LogP contribution in [0, 0.1) is 5.92 Å². The van der Waals surface area contributed by atoms with Crippen LogP contribution in [-0.4, -0.2) is 18.3 Å². The Labute approximate surface area is 61.5 Å². The van der Waals surface area contributed by atoms with E-state index in [1.54, 1.807) is 5.01 Å². The Morgan fingerprint density at radius 1 is 1.90 bits per heavy atom. The van der Waals surface area contributed by atoms with Crippen molar-refractivity contribution in [3.63, 3.8) is 0 Å². The molecule has 0 fully saturated rings. The van der Waals surface area contributed by atoms with Gasteiger partial charge in [0.15, 0.2) is 0 Å². The molecule has 1 heterocycles. The van der Waals surface area contributed by atoms with Crippen LogP contribution in [0.4, 0.5) is 0 Å². The van der Waals surface area contributed by atoms with Gasteiger partial charge in [-0.25, -0.2) is 0 Å². The van der Waals surface area contributed by atoms with Gasteiger partial charge in [0, 0.05) is 24.9 Å². The molecule has 1 atom stereocenters. The molecule has 1 aliphatic rings. The van der Waals surface area contributed by atoms with E-state index in [1.165, 1.54) is 0 Å². The van der Waals surface area contributed by atoms with Gasteiger partial charge in [-0.05, 0) is 6.42 Å². The lowest BCUT2D eigenvalue weighted by Crippen LogP contribution is -2.08. The average molecular weight is 136 g/mol. The molecule has 1 aliphatic heterocycles. The number of nitrogens with zero attached hydrogens (tertiary/aromatic N) is 2. The monoisotopic (exact) mass is 136 g/mol. The van der Waals surface area contributed by atoms with Crippen molar-refractivity contribution in [3.8, 4) is 0 Å². The van der Waals surface area contributed by atoms with E-state index in [-0.39, 0.29) is 0 Å². The summed E-state index contributed by atoms with van der Waals surface area (Å²) in [4.78, 5) is 0. The Kier molecular flexibility index (Phi) is 1.90. The normalized spacial score (nSPS) is 23.9. The van der Waals surface area contributed by atoms with E-state index in [4.69, 9.17) is 0 Å². The number of hydrogen-bond acceptors (Lipinski definition) is 2. The predicted octanol–water partition coefficient (Wildman–Crippen LogP) is 1.62. The molecular formula is C8H12N2. The zero-order valence-corrected chi connectivity index (χ0v) is 6.25. The molecule has 0 aromatic heterocycles. The third-order valence-electron chi connectivity index (χ3n) is 1.68. The molecule has 0 saturated heterocycles. The van der Waals surface area contributed by atoms with Crippen molar-refractivity contribution in [2.24, 2.45) is 11.0 Å². The van der Waals surface area contributed by atoms with E-state index >= 15 is 0 Å². The second-order valence-electron chi connectivity index (χ2n) is 2.41. The van der Waals surface area contributed by atoms with Gasteiger partial charge in [0.05, 0.1) is 0 Å². The van der Waals surface area contributed by atoms with Crippen molar-refractivity contribution in [2.75, 3.05) is 7.05 Å². The molecule has 0 N–H and O–H groups in total. The molecule has 1 rings (SSSR count). The van der Waals surface area contributed by atoms with Crippen LogP contribution in [-0.2, 0) is 0 Å². The zero-order valence-electron chi connectivity index (χ0n) is 6.25. The fourth-order valence-corrected chi connectivity index (χ4v) is 0.957. The van der Waals surface area contributed by atoms with Crippen LogP contribution < -0.4 is 0 Å². The average Bonchev–Trinajstić information content (AvgIpc) is 2.20. The summed E-state index contributed by atoms with van der Waals surface area (Å²) in [7, 11) is 1.90. The van der Waals surface area contributed by atoms with Gasteiger partial charge in [0.25, 0.3) is 0 Å². The van der Waals surface area contributed by atoms with Crippen molar-refractivity contribution < 1.29 is 0 Å². The van der Waals surface area contributed by atoms with Gasteiger partial charge in [-0.15, -0.1) is 6.58 Å². The first-order chi connectivity index (χ1) is 4.75. The van der Waals surface area contributed by atoms with Crippen LogP contribution in [0.5, 0.6) is 0 Å². The van der Waals surface area contributed by atoms with Crippen molar-refractivity contribution in [3.05, 3.63) is 24.9 Å². The second kappa shape index (κ2) is 2.69. The molecular weight excluding hydrogens is 124 g/mol. The van der Waals surface area contributed by atoms with E-state index in [2.05, 4.69) is 18.3 Å². The van der Waals surface area contributed by atoms with Crippen LogP contribution in [0.2, 0.25) is 0 Å². The lowest BCUT2D eigenvalue weighted by Gasteiger charge is -2.11. The van der Waals surface area contributed by atoms with Gasteiger partial charge in [-0.3, -0.25) is 5.01 Å². The summed E-state index contributed by atoms with van der Waals surface area (Å²) >= 11 is 0. The van der Waals surface area contributed by atoms with E-state index in [1.807, 2.05) is 19.3 Å². The summed E-state index contributed by atoms with van der Waals surface area (Å²) < 4.78 is 0. The summed E-state index contributed by atoms with van der Waals surface area (Å²) in [5, 5.41) is 5.88. The van der Waals surface area contributed by atoms with Crippen molar-refractivity contribution in [2.45, 2.75) is 6.42 Å². The van der Waals surface area contributed by atoms with Gasteiger partial charge in [-0.2, -0.15) is 5.10 Å². The molecule has 0 aromatic carbocycles. The fraction of sp³-hybridized carbons (Fsp3) is 0.375. The highest BCUT2D eigenvalue weighted by molar-refractivity contribution is 5.67. The Hall–Kier alpha value is -1.05. The summed E-state index contributed by atoms with van der Waals surface area (Å²) in [6.45, 7) is 7.55. The van der Waals surface area contributed by atoms with Gasteiger partial charge in [0.1, 0.15) is 0 Å². The summed E-state index contributed by atoms with van der Waals surface area (Å²) in [5.41, 5.74) is 1.06. The second-order valence-corrected chi connectivity index (χ2v) is 2.41. The largest absolute Gasteiger partial charge is 0.273 e. The van der Waals surface area contributed by atoms with E-state index in [0.717, 1.165) is 12.1 Å². The molecule has 0 spiro atoms. The molecule has 0 aromatic rings. The lowest BCUT2D eigenvalue weighted by atomic mass is 10.1. The number of hydrogen-bond donors (Lipinski definition) is 0. The van der Waals surface area contributed by atoms with Gasteiger partial charge in [0.2, 0.25) is 0 Å².